The number of nitrogens with zero attached hydrogens (tertiary/aromatic N) is 2. The number of hydrogen-bond donors (Lipinski definition) is 0. The first kappa shape index (κ1) is 12.9. The number of methoxy groups -OCH3 is 1. The maximum atomic E-state index is 11.9. The van der Waals surface area contributed by atoms with E-state index in [0.717, 1.165) is 12.8 Å². The second kappa shape index (κ2) is 5.12. The van der Waals surface area contributed by atoms with Gasteiger partial charge in [-0.3, -0.25) is 0 Å². The highest BCUT2D eigenvalue weighted by Gasteiger charge is 2.30. The van der Waals surface area contributed by atoms with E-state index in [2.05, 4.69) is 36.2 Å². The minimum atomic E-state index is -0.384. The number of benzene rings is 1. The first-order chi connectivity index (χ1) is 9.72. The van der Waals surface area contributed by atoms with Gasteiger partial charge >= 0.3 is 5.97 Å². The molecular weight excluding hydrogens is 252 g/mol. The van der Waals surface area contributed by atoms with E-state index in [1.807, 2.05) is 10.8 Å². The molecule has 1 aliphatic rings. The number of ether oxygens (including phenoxy) is 1. The molecule has 0 N–H and O–H groups in total. The van der Waals surface area contributed by atoms with Gasteiger partial charge in [-0.05, 0) is 29.9 Å². The van der Waals surface area contributed by atoms with Crippen molar-refractivity contribution in [2.45, 2.75) is 25.8 Å². The Morgan fingerprint density at radius 2 is 2.20 bits per heavy atom. The van der Waals surface area contributed by atoms with Crippen LogP contribution >= 0.6 is 0 Å². The first-order valence-electron chi connectivity index (χ1n) is 6.91. The molecule has 2 unspecified atom stereocenters. The largest absolute Gasteiger partial charge is 0.463 e. The van der Waals surface area contributed by atoms with Crippen LogP contribution in [0.5, 0.6) is 0 Å². The smallest absolute Gasteiger partial charge is 0.374 e. The first-order valence-corrected chi connectivity index (χ1v) is 6.91. The predicted molar refractivity (Wildman–Crippen MR) is 75.6 cm³/mol. The summed E-state index contributed by atoms with van der Waals surface area (Å²) in [5.74, 6) is 0.453. The summed E-state index contributed by atoms with van der Waals surface area (Å²) in [7, 11) is 1.39. The van der Waals surface area contributed by atoms with Gasteiger partial charge in [-0.25, -0.2) is 9.78 Å². The van der Waals surface area contributed by atoms with E-state index in [0.29, 0.717) is 11.7 Å². The van der Waals surface area contributed by atoms with Gasteiger partial charge < -0.3 is 9.30 Å². The van der Waals surface area contributed by atoms with E-state index in [1.54, 1.807) is 6.20 Å². The summed E-state index contributed by atoms with van der Waals surface area (Å²) in [5, 5.41) is 0. The Morgan fingerprint density at radius 1 is 1.40 bits per heavy atom. The fourth-order valence-electron chi connectivity index (χ4n) is 3.11. The van der Waals surface area contributed by atoms with Crippen molar-refractivity contribution in [1.29, 1.82) is 0 Å². The predicted octanol–water partition coefficient (Wildman–Crippen LogP) is 2.84. The Hall–Kier alpha value is -2.10. The van der Waals surface area contributed by atoms with E-state index in [4.69, 9.17) is 4.74 Å². The molecule has 3 rings (SSSR count). The van der Waals surface area contributed by atoms with Gasteiger partial charge in [-0.2, -0.15) is 0 Å². The van der Waals surface area contributed by atoms with Crippen LogP contribution < -0.4 is 0 Å². The summed E-state index contributed by atoms with van der Waals surface area (Å²) >= 11 is 0. The summed E-state index contributed by atoms with van der Waals surface area (Å²) in [4.78, 5) is 16.0. The zero-order valence-corrected chi connectivity index (χ0v) is 11.7. The molecule has 104 valence electrons. The van der Waals surface area contributed by atoms with E-state index < -0.39 is 0 Å². The van der Waals surface area contributed by atoms with E-state index in [9.17, 15) is 4.79 Å². The van der Waals surface area contributed by atoms with E-state index in [1.165, 1.54) is 18.2 Å². The number of carbonyl (C=O) groups excluding carboxylic acids is 1. The standard InChI is InChI=1S/C16H18N2O2/c1-11-7-8-12-5-3-4-6-13(12)14(11)18-10-9-17-15(18)16(19)20-2/h3-6,9-11,14H,7-8H2,1-2H3. The zero-order chi connectivity index (χ0) is 14.1. The molecular formula is C16H18N2O2. The number of carbonyl (C=O) groups is 1. The summed E-state index contributed by atoms with van der Waals surface area (Å²) in [6, 6.07) is 8.59. The number of imidazole rings is 1. The molecule has 0 saturated carbocycles. The van der Waals surface area contributed by atoms with Crippen LogP contribution in [0.3, 0.4) is 0 Å². The van der Waals surface area contributed by atoms with E-state index >= 15 is 0 Å². The topological polar surface area (TPSA) is 44.1 Å². The second-order valence-corrected chi connectivity index (χ2v) is 5.31. The fourth-order valence-corrected chi connectivity index (χ4v) is 3.11. The molecule has 1 aromatic carbocycles. The number of esters is 1. The molecule has 4 heteroatoms. The molecule has 2 aromatic rings. The third-order valence-electron chi connectivity index (χ3n) is 4.12. The van der Waals surface area contributed by atoms with Crippen LogP contribution in [0, 0.1) is 5.92 Å². The van der Waals surface area contributed by atoms with Crippen LogP contribution in [-0.2, 0) is 11.2 Å². The Labute approximate surface area is 118 Å². The Balaban J connectivity index is 2.10. The van der Waals surface area contributed by atoms with E-state index in [-0.39, 0.29) is 12.0 Å². The lowest BCUT2D eigenvalue weighted by molar-refractivity contribution is 0.0577. The van der Waals surface area contributed by atoms with Gasteiger partial charge in [-0.15, -0.1) is 0 Å². The lowest BCUT2D eigenvalue weighted by Gasteiger charge is -2.33. The van der Waals surface area contributed by atoms with Crippen LogP contribution in [0.4, 0.5) is 0 Å². The zero-order valence-electron chi connectivity index (χ0n) is 11.7. The van der Waals surface area contributed by atoms with Gasteiger partial charge in [0.05, 0.1) is 13.2 Å². The van der Waals surface area contributed by atoms with Crippen molar-refractivity contribution in [1.82, 2.24) is 9.55 Å². The van der Waals surface area contributed by atoms with Crippen molar-refractivity contribution in [2.24, 2.45) is 5.92 Å². The average Bonchev–Trinajstić information content (AvgIpc) is 2.95. The van der Waals surface area contributed by atoms with Gasteiger partial charge in [0, 0.05) is 12.4 Å². The van der Waals surface area contributed by atoms with Crippen molar-refractivity contribution < 1.29 is 9.53 Å². The maximum absolute atomic E-state index is 11.9. The van der Waals surface area contributed by atoms with Crippen LogP contribution in [0.25, 0.3) is 0 Å². The van der Waals surface area contributed by atoms with Gasteiger partial charge in [0.15, 0.2) is 0 Å². The minimum Gasteiger partial charge on any atom is -0.463 e. The highest BCUT2D eigenvalue weighted by atomic mass is 16.5. The maximum Gasteiger partial charge on any atom is 0.374 e. The van der Waals surface area contributed by atoms with Crippen molar-refractivity contribution in [3.63, 3.8) is 0 Å². The van der Waals surface area contributed by atoms with Gasteiger partial charge in [0.1, 0.15) is 0 Å². The molecule has 4 nitrogen and oxygen atoms in total. The molecule has 0 aliphatic heterocycles. The Bertz CT molecular complexity index is 633. The normalized spacial score (nSPS) is 21.3. The van der Waals surface area contributed by atoms with Gasteiger partial charge in [0.25, 0.3) is 0 Å². The summed E-state index contributed by atoms with van der Waals surface area (Å²) in [5.41, 5.74) is 2.65. The molecule has 0 saturated heterocycles. The van der Waals surface area contributed by atoms with Crippen LogP contribution in [-0.4, -0.2) is 22.6 Å². The second-order valence-electron chi connectivity index (χ2n) is 5.31. The summed E-state index contributed by atoms with van der Waals surface area (Å²) in [6.45, 7) is 2.22. The minimum absolute atomic E-state index is 0.150. The molecule has 20 heavy (non-hydrogen) atoms. The van der Waals surface area contributed by atoms with Crippen molar-refractivity contribution in [3.05, 3.63) is 53.6 Å². The summed E-state index contributed by atoms with van der Waals surface area (Å²) < 4.78 is 6.78. The van der Waals surface area contributed by atoms with Crippen molar-refractivity contribution in [3.8, 4) is 0 Å². The van der Waals surface area contributed by atoms with Gasteiger partial charge in [-0.1, -0.05) is 31.2 Å². The molecule has 0 spiro atoms. The average molecular weight is 270 g/mol. The fraction of sp³-hybridized carbons (Fsp3) is 0.375. The molecule has 0 bridgehead atoms. The highest BCUT2D eigenvalue weighted by molar-refractivity contribution is 5.85. The highest BCUT2D eigenvalue weighted by Crippen LogP contribution is 2.37. The summed E-state index contributed by atoms with van der Waals surface area (Å²) in [6.07, 6.45) is 5.74. The third-order valence-corrected chi connectivity index (χ3v) is 4.12. The van der Waals surface area contributed by atoms with Crippen LogP contribution in [0.1, 0.15) is 41.1 Å². The molecule has 0 radical (unpaired) electrons. The number of aryl methyl sites for hydroxylation is 1. The van der Waals surface area contributed by atoms with Crippen LogP contribution in [0.2, 0.25) is 0 Å². The number of rotatable bonds is 2. The Morgan fingerprint density at radius 3 is 3.00 bits per heavy atom. The number of hydrogen-bond acceptors (Lipinski definition) is 3. The number of aromatic nitrogens is 2. The molecule has 1 aromatic heterocycles. The Kier molecular flexibility index (Phi) is 3.30. The SMILES string of the molecule is COC(=O)c1nccn1C1c2ccccc2CCC1C. The lowest BCUT2D eigenvalue weighted by atomic mass is 9.80. The third kappa shape index (κ3) is 2.01. The molecule has 1 aliphatic carbocycles. The van der Waals surface area contributed by atoms with Crippen LogP contribution in [0.15, 0.2) is 36.7 Å². The van der Waals surface area contributed by atoms with Crippen molar-refractivity contribution in [2.75, 3.05) is 7.11 Å². The monoisotopic (exact) mass is 270 g/mol. The quantitative estimate of drug-likeness (QED) is 0.788. The molecule has 0 fully saturated rings. The lowest BCUT2D eigenvalue weighted by Crippen LogP contribution is -2.27. The van der Waals surface area contributed by atoms with Gasteiger partial charge in [0.2, 0.25) is 5.82 Å². The number of fused-ring (bicyclic) bond motifs is 1. The molecule has 1 heterocycles. The molecule has 2 atom stereocenters. The molecule has 0 amide bonds. The van der Waals surface area contributed by atoms with Crippen molar-refractivity contribution >= 4 is 5.97 Å².